The molecule has 0 aliphatic carbocycles. The van der Waals surface area contributed by atoms with Crippen LogP contribution in [0.4, 0.5) is 5.69 Å². The Morgan fingerprint density at radius 2 is 2.20 bits per heavy atom. The Kier molecular flexibility index (Phi) is 1.88. The molecule has 0 aromatic heterocycles. The van der Waals surface area contributed by atoms with E-state index in [9.17, 15) is 0 Å². The second kappa shape index (κ2) is 3.23. The molecule has 0 radical (unpaired) electrons. The number of aliphatic imine (C=N–C) groups is 1. The lowest BCUT2D eigenvalue weighted by Crippen LogP contribution is -2.30. The number of para-hydroxylation sites is 1. The lowest BCUT2D eigenvalue weighted by atomic mass is 9.90. The molecule has 2 atom stereocenters. The Labute approximate surface area is 89.7 Å². The minimum absolute atomic E-state index is 0.386. The van der Waals surface area contributed by atoms with Crippen molar-refractivity contribution in [3.8, 4) is 0 Å². The SMILES string of the molecule is CCC1=NC=CC2c3ccccc3NC12. The molecule has 2 heteroatoms. The van der Waals surface area contributed by atoms with Gasteiger partial charge in [-0.1, -0.05) is 31.2 Å². The zero-order valence-corrected chi connectivity index (χ0v) is 8.77. The molecule has 2 aliphatic heterocycles. The van der Waals surface area contributed by atoms with Crippen molar-refractivity contribution in [1.29, 1.82) is 0 Å². The molecule has 1 aromatic carbocycles. The predicted molar refractivity (Wildman–Crippen MR) is 63.5 cm³/mol. The van der Waals surface area contributed by atoms with E-state index in [2.05, 4.69) is 47.6 Å². The summed E-state index contributed by atoms with van der Waals surface area (Å²) in [6.45, 7) is 2.17. The molecule has 0 saturated heterocycles. The van der Waals surface area contributed by atoms with E-state index >= 15 is 0 Å². The van der Waals surface area contributed by atoms with Crippen LogP contribution in [-0.4, -0.2) is 11.8 Å². The molecule has 1 N–H and O–H groups in total. The Morgan fingerprint density at radius 3 is 3.07 bits per heavy atom. The highest BCUT2D eigenvalue weighted by Crippen LogP contribution is 2.39. The topological polar surface area (TPSA) is 24.4 Å². The van der Waals surface area contributed by atoms with Crippen molar-refractivity contribution in [1.82, 2.24) is 0 Å². The molecule has 0 spiro atoms. The summed E-state index contributed by atoms with van der Waals surface area (Å²) < 4.78 is 0. The fourth-order valence-electron chi connectivity index (χ4n) is 2.48. The summed E-state index contributed by atoms with van der Waals surface area (Å²) in [7, 11) is 0. The third-order valence-electron chi connectivity index (χ3n) is 3.25. The number of hydrogen-bond donors (Lipinski definition) is 1. The van der Waals surface area contributed by atoms with Crippen molar-refractivity contribution >= 4 is 11.4 Å². The number of nitrogens with zero attached hydrogens (tertiary/aromatic N) is 1. The number of benzene rings is 1. The van der Waals surface area contributed by atoms with Crippen LogP contribution in [0.5, 0.6) is 0 Å². The molecule has 3 rings (SSSR count). The van der Waals surface area contributed by atoms with Gasteiger partial charge in [0, 0.05) is 23.5 Å². The van der Waals surface area contributed by atoms with Gasteiger partial charge >= 0.3 is 0 Å². The maximum Gasteiger partial charge on any atom is 0.0750 e. The molecule has 2 nitrogen and oxygen atoms in total. The van der Waals surface area contributed by atoms with Gasteiger partial charge in [-0.05, 0) is 18.1 Å². The van der Waals surface area contributed by atoms with Crippen LogP contribution in [-0.2, 0) is 0 Å². The van der Waals surface area contributed by atoms with Gasteiger partial charge in [0.05, 0.1) is 6.04 Å². The Hall–Kier alpha value is -1.57. The van der Waals surface area contributed by atoms with Crippen molar-refractivity contribution in [2.45, 2.75) is 25.3 Å². The van der Waals surface area contributed by atoms with Gasteiger partial charge in [-0.25, -0.2) is 0 Å². The average Bonchev–Trinajstić information content (AvgIpc) is 2.67. The van der Waals surface area contributed by atoms with Gasteiger partial charge in [0.15, 0.2) is 0 Å². The summed E-state index contributed by atoms with van der Waals surface area (Å²) in [6.07, 6.45) is 5.17. The fraction of sp³-hybridized carbons (Fsp3) is 0.308. The normalized spacial score (nSPS) is 26.6. The predicted octanol–water partition coefficient (Wildman–Crippen LogP) is 2.94. The number of hydrogen-bond acceptors (Lipinski definition) is 2. The molecule has 0 fully saturated rings. The zero-order valence-electron chi connectivity index (χ0n) is 8.77. The van der Waals surface area contributed by atoms with Crippen molar-refractivity contribution < 1.29 is 0 Å². The van der Waals surface area contributed by atoms with E-state index in [0.29, 0.717) is 12.0 Å². The smallest absolute Gasteiger partial charge is 0.0750 e. The van der Waals surface area contributed by atoms with Crippen LogP contribution >= 0.6 is 0 Å². The van der Waals surface area contributed by atoms with Gasteiger partial charge in [-0.2, -0.15) is 0 Å². The van der Waals surface area contributed by atoms with E-state index in [1.54, 1.807) is 0 Å². The van der Waals surface area contributed by atoms with Crippen LogP contribution in [0.25, 0.3) is 0 Å². The number of fused-ring (bicyclic) bond motifs is 3. The second-order valence-corrected chi connectivity index (χ2v) is 4.05. The molecule has 2 aliphatic rings. The lowest BCUT2D eigenvalue weighted by Gasteiger charge is -2.21. The summed E-state index contributed by atoms with van der Waals surface area (Å²) in [4.78, 5) is 4.45. The monoisotopic (exact) mass is 198 g/mol. The summed E-state index contributed by atoms with van der Waals surface area (Å²) >= 11 is 0. The Balaban J connectivity index is 2.05. The molecule has 0 amide bonds. The minimum atomic E-state index is 0.386. The number of rotatable bonds is 1. The second-order valence-electron chi connectivity index (χ2n) is 4.05. The van der Waals surface area contributed by atoms with Crippen LogP contribution < -0.4 is 5.32 Å². The lowest BCUT2D eigenvalue weighted by molar-refractivity contribution is 0.816. The zero-order chi connectivity index (χ0) is 10.3. The van der Waals surface area contributed by atoms with E-state index in [4.69, 9.17) is 0 Å². The fourth-order valence-corrected chi connectivity index (χ4v) is 2.48. The van der Waals surface area contributed by atoms with Crippen LogP contribution in [0, 0.1) is 0 Å². The quantitative estimate of drug-likeness (QED) is 0.737. The molecule has 2 unspecified atom stereocenters. The average molecular weight is 198 g/mol. The van der Waals surface area contributed by atoms with Crippen LogP contribution in [0.3, 0.4) is 0 Å². The largest absolute Gasteiger partial charge is 0.376 e. The van der Waals surface area contributed by atoms with Gasteiger partial charge in [-0.15, -0.1) is 0 Å². The Morgan fingerprint density at radius 1 is 1.33 bits per heavy atom. The maximum atomic E-state index is 4.45. The summed E-state index contributed by atoms with van der Waals surface area (Å²) in [5, 5.41) is 3.56. The van der Waals surface area contributed by atoms with Gasteiger partial charge in [-0.3, -0.25) is 4.99 Å². The molecule has 15 heavy (non-hydrogen) atoms. The van der Waals surface area contributed by atoms with E-state index in [0.717, 1.165) is 6.42 Å². The van der Waals surface area contributed by atoms with Crippen LogP contribution in [0.15, 0.2) is 41.5 Å². The third kappa shape index (κ3) is 1.21. The van der Waals surface area contributed by atoms with E-state index in [1.165, 1.54) is 17.0 Å². The first-order valence-corrected chi connectivity index (χ1v) is 5.49. The molecule has 0 saturated carbocycles. The highest BCUT2D eigenvalue weighted by molar-refractivity contribution is 5.96. The third-order valence-corrected chi connectivity index (χ3v) is 3.25. The van der Waals surface area contributed by atoms with E-state index in [-0.39, 0.29) is 0 Å². The number of nitrogens with one attached hydrogen (secondary N) is 1. The van der Waals surface area contributed by atoms with Crippen molar-refractivity contribution in [3.63, 3.8) is 0 Å². The van der Waals surface area contributed by atoms with E-state index in [1.807, 2.05) is 6.20 Å². The van der Waals surface area contributed by atoms with Crippen molar-refractivity contribution in [3.05, 3.63) is 42.1 Å². The number of anilines is 1. The van der Waals surface area contributed by atoms with Crippen molar-refractivity contribution in [2.75, 3.05) is 5.32 Å². The molecule has 1 aromatic rings. The van der Waals surface area contributed by atoms with Crippen LogP contribution in [0.1, 0.15) is 24.8 Å². The first kappa shape index (κ1) is 8.72. The van der Waals surface area contributed by atoms with Gasteiger partial charge < -0.3 is 5.32 Å². The standard InChI is InChI=1S/C13H14N2/c1-2-11-13-10(7-8-14-11)9-5-3-4-6-12(9)15-13/h3-8,10,13,15H,2H2,1H3. The van der Waals surface area contributed by atoms with E-state index < -0.39 is 0 Å². The van der Waals surface area contributed by atoms with Crippen molar-refractivity contribution in [2.24, 2.45) is 4.99 Å². The summed E-state index contributed by atoms with van der Waals surface area (Å²) in [5.41, 5.74) is 3.93. The maximum absolute atomic E-state index is 4.45. The molecule has 76 valence electrons. The highest BCUT2D eigenvalue weighted by Gasteiger charge is 2.33. The minimum Gasteiger partial charge on any atom is -0.376 e. The molecule has 0 bridgehead atoms. The van der Waals surface area contributed by atoms with Gasteiger partial charge in [0.25, 0.3) is 0 Å². The summed E-state index contributed by atoms with van der Waals surface area (Å²) in [6, 6.07) is 8.92. The molecular formula is C13H14N2. The summed E-state index contributed by atoms with van der Waals surface area (Å²) in [5.74, 6) is 0.480. The molecule has 2 heterocycles. The van der Waals surface area contributed by atoms with Crippen LogP contribution in [0.2, 0.25) is 0 Å². The van der Waals surface area contributed by atoms with Gasteiger partial charge in [0.2, 0.25) is 0 Å². The first-order chi connectivity index (χ1) is 7.40. The first-order valence-electron chi connectivity index (χ1n) is 5.49. The highest BCUT2D eigenvalue weighted by atomic mass is 15.0. The molecular weight excluding hydrogens is 184 g/mol. The Bertz CT molecular complexity index is 446. The van der Waals surface area contributed by atoms with Gasteiger partial charge in [0.1, 0.15) is 0 Å².